The van der Waals surface area contributed by atoms with Gasteiger partial charge in [0, 0.05) is 20.6 Å². The second-order valence-electron chi connectivity index (χ2n) is 5.32. The van der Waals surface area contributed by atoms with Gasteiger partial charge >= 0.3 is 13.7 Å². The normalized spacial score (nSPS) is 12.4. The Morgan fingerprint density at radius 2 is 1.48 bits per heavy atom. The van der Waals surface area contributed by atoms with Crippen molar-refractivity contribution in [2.24, 2.45) is 0 Å². The lowest BCUT2D eigenvalue weighted by atomic mass is 10.1. The third-order valence-corrected chi connectivity index (χ3v) is 5.75. The van der Waals surface area contributed by atoms with Crippen molar-refractivity contribution in [1.29, 1.82) is 0 Å². The maximum atomic E-state index is 12.8. The van der Waals surface area contributed by atoms with E-state index >= 15 is 0 Å². The van der Waals surface area contributed by atoms with Crippen molar-refractivity contribution in [2.45, 2.75) is 18.8 Å². The van der Waals surface area contributed by atoms with Crippen molar-refractivity contribution in [3.05, 3.63) is 71.8 Å². The van der Waals surface area contributed by atoms with Crippen LogP contribution in [0.25, 0.3) is 0 Å². The highest BCUT2D eigenvalue weighted by molar-refractivity contribution is 7.54. The van der Waals surface area contributed by atoms with Crippen molar-refractivity contribution in [1.82, 2.24) is 5.32 Å². The smallest absolute Gasteiger partial charge is 0.408 e. The Balaban J connectivity index is 2.04. The highest BCUT2D eigenvalue weighted by Crippen LogP contribution is 2.51. The topological polar surface area (TPSA) is 73.9 Å². The quantitative estimate of drug-likeness (QED) is 0.719. The summed E-state index contributed by atoms with van der Waals surface area (Å²) in [5, 5.41) is 2.60. The first-order valence-electron chi connectivity index (χ1n) is 7.79. The number of rotatable bonds is 8. The predicted octanol–water partition coefficient (Wildman–Crippen LogP) is 3.97. The fourth-order valence-electron chi connectivity index (χ4n) is 2.31. The highest BCUT2D eigenvalue weighted by Gasteiger charge is 2.35. The Kier molecular flexibility index (Phi) is 7.19. The number of benzene rings is 2. The van der Waals surface area contributed by atoms with Gasteiger partial charge in [-0.3, -0.25) is 4.57 Å². The fraction of sp³-hybridized carbons (Fsp3) is 0.278. The van der Waals surface area contributed by atoms with Gasteiger partial charge in [-0.2, -0.15) is 0 Å². The third-order valence-electron chi connectivity index (χ3n) is 3.66. The van der Waals surface area contributed by atoms with Gasteiger partial charge in [-0.25, -0.2) is 4.79 Å². The number of hydrogen-bond donors (Lipinski definition) is 1. The van der Waals surface area contributed by atoms with Gasteiger partial charge < -0.3 is 19.1 Å². The van der Waals surface area contributed by atoms with Gasteiger partial charge in [0.15, 0.2) is 0 Å². The lowest BCUT2D eigenvalue weighted by Gasteiger charge is -2.25. The summed E-state index contributed by atoms with van der Waals surface area (Å²) in [6, 6.07) is 18.7. The molecule has 1 atom stereocenters. The van der Waals surface area contributed by atoms with Crippen molar-refractivity contribution >= 4 is 13.7 Å². The summed E-state index contributed by atoms with van der Waals surface area (Å²) in [6.45, 7) is 0.120. The van der Waals surface area contributed by atoms with Crippen molar-refractivity contribution < 1.29 is 23.1 Å². The number of carbonyl (C=O) groups excluding carboxylic acids is 1. The summed E-state index contributed by atoms with van der Waals surface area (Å²) in [7, 11) is -0.936. The largest absolute Gasteiger partial charge is 0.445 e. The molecule has 1 amide bonds. The van der Waals surface area contributed by atoms with E-state index in [1.54, 1.807) is 0 Å². The van der Waals surface area contributed by atoms with Gasteiger partial charge in [-0.15, -0.1) is 0 Å². The molecule has 0 radical (unpaired) electrons. The zero-order valence-electron chi connectivity index (χ0n) is 14.3. The van der Waals surface area contributed by atoms with E-state index in [1.807, 2.05) is 60.7 Å². The maximum Gasteiger partial charge on any atom is 0.408 e. The van der Waals surface area contributed by atoms with E-state index in [0.717, 1.165) is 11.1 Å². The van der Waals surface area contributed by atoms with E-state index in [0.29, 0.717) is 6.42 Å². The van der Waals surface area contributed by atoms with Crippen molar-refractivity contribution in [2.75, 3.05) is 14.2 Å². The summed E-state index contributed by atoms with van der Waals surface area (Å²) in [4.78, 5) is 12.1. The number of amides is 1. The molecule has 0 bridgehead atoms. The van der Waals surface area contributed by atoms with Crippen LogP contribution in [0, 0.1) is 0 Å². The Bertz CT molecular complexity index is 700. The Hall–Kier alpha value is -2.14. The first-order valence-corrected chi connectivity index (χ1v) is 9.41. The van der Waals surface area contributed by atoms with Gasteiger partial charge in [0.25, 0.3) is 0 Å². The molecule has 0 aliphatic carbocycles. The second-order valence-corrected chi connectivity index (χ2v) is 7.75. The second kappa shape index (κ2) is 9.37. The monoisotopic (exact) mass is 363 g/mol. The Morgan fingerprint density at radius 3 is 2.00 bits per heavy atom. The average molecular weight is 363 g/mol. The lowest BCUT2D eigenvalue weighted by molar-refractivity contribution is 0.136. The molecule has 0 aliphatic heterocycles. The summed E-state index contributed by atoms with van der Waals surface area (Å²) in [5.41, 5.74) is 1.75. The molecule has 25 heavy (non-hydrogen) atoms. The van der Waals surface area contributed by atoms with Crippen LogP contribution in [0.4, 0.5) is 4.79 Å². The molecule has 2 aromatic rings. The first kappa shape index (κ1) is 19.2. The molecule has 6 nitrogen and oxygen atoms in total. The van der Waals surface area contributed by atoms with Crippen LogP contribution in [0.15, 0.2) is 60.7 Å². The van der Waals surface area contributed by atoms with E-state index in [-0.39, 0.29) is 6.61 Å². The minimum atomic E-state index is -3.52. The SMILES string of the molecule is COP(=O)(OC)C(Cc1ccccc1)NC(=O)OCc1ccccc1. The van der Waals surface area contributed by atoms with E-state index in [1.165, 1.54) is 14.2 Å². The van der Waals surface area contributed by atoms with Gasteiger partial charge in [-0.05, 0) is 11.1 Å². The van der Waals surface area contributed by atoms with Crippen molar-refractivity contribution in [3.8, 4) is 0 Å². The van der Waals surface area contributed by atoms with Crippen LogP contribution in [0.1, 0.15) is 11.1 Å². The van der Waals surface area contributed by atoms with Crippen LogP contribution in [-0.4, -0.2) is 26.1 Å². The summed E-state index contributed by atoms with van der Waals surface area (Å²) in [5.74, 6) is -0.854. The Morgan fingerprint density at radius 1 is 0.960 bits per heavy atom. The minimum Gasteiger partial charge on any atom is -0.445 e. The van der Waals surface area contributed by atoms with Gasteiger partial charge in [-0.1, -0.05) is 60.7 Å². The lowest BCUT2D eigenvalue weighted by Crippen LogP contribution is -2.37. The van der Waals surface area contributed by atoms with Crippen LogP contribution >= 0.6 is 7.60 Å². The van der Waals surface area contributed by atoms with E-state index in [4.69, 9.17) is 13.8 Å². The molecule has 2 rings (SSSR count). The van der Waals surface area contributed by atoms with Crippen LogP contribution in [0.3, 0.4) is 0 Å². The highest BCUT2D eigenvalue weighted by atomic mass is 31.2. The number of ether oxygens (including phenoxy) is 1. The van der Waals surface area contributed by atoms with Gasteiger partial charge in [0.2, 0.25) is 0 Å². The molecule has 2 aromatic carbocycles. The van der Waals surface area contributed by atoms with Gasteiger partial charge in [0.1, 0.15) is 12.4 Å². The Labute approximate surface area is 147 Å². The number of hydrogen-bond acceptors (Lipinski definition) is 5. The number of alkyl carbamates (subject to hydrolysis) is 1. The third kappa shape index (κ3) is 5.71. The molecular formula is C18H22NO5P. The molecule has 1 unspecified atom stereocenters. The molecule has 0 saturated carbocycles. The molecule has 0 aromatic heterocycles. The van der Waals surface area contributed by atoms with Gasteiger partial charge in [0.05, 0.1) is 0 Å². The molecule has 0 saturated heterocycles. The zero-order chi connectivity index (χ0) is 18.1. The molecule has 0 aliphatic rings. The van der Waals surface area contributed by atoms with Crippen LogP contribution < -0.4 is 5.32 Å². The maximum absolute atomic E-state index is 12.8. The van der Waals surface area contributed by atoms with Crippen LogP contribution in [-0.2, 0) is 31.4 Å². The molecule has 1 N–H and O–H groups in total. The average Bonchev–Trinajstić information content (AvgIpc) is 2.67. The molecule has 0 spiro atoms. The molecule has 7 heteroatoms. The van der Waals surface area contributed by atoms with Crippen LogP contribution in [0.2, 0.25) is 0 Å². The summed E-state index contributed by atoms with van der Waals surface area (Å²) < 4.78 is 28.0. The zero-order valence-corrected chi connectivity index (χ0v) is 15.1. The predicted molar refractivity (Wildman–Crippen MR) is 95.3 cm³/mol. The number of nitrogens with one attached hydrogen (secondary N) is 1. The summed E-state index contributed by atoms with van der Waals surface area (Å²) >= 11 is 0. The fourth-order valence-corrected chi connectivity index (χ4v) is 3.67. The van der Waals surface area contributed by atoms with E-state index < -0.39 is 19.5 Å². The molecule has 0 fully saturated rings. The molecular weight excluding hydrogens is 341 g/mol. The molecule has 134 valence electrons. The summed E-state index contributed by atoms with van der Waals surface area (Å²) in [6.07, 6.45) is -0.389. The minimum absolute atomic E-state index is 0.120. The van der Waals surface area contributed by atoms with Crippen LogP contribution in [0.5, 0.6) is 0 Å². The van der Waals surface area contributed by atoms with E-state index in [9.17, 15) is 9.36 Å². The van der Waals surface area contributed by atoms with Crippen molar-refractivity contribution in [3.63, 3.8) is 0 Å². The standard InChI is InChI=1S/C18H22NO5P/c1-22-25(21,23-2)17(13-15-9-5-3-6-10-15)19-18(20)24-14-16-11-7-4-8-12-16/h3-12,17H,13-14H2,1-2H3,(H,19,20). The first-order chi connectivity index (χ1) is 12.1. The number of carbonyl (C=O) groups is 1. The molecule has 0 heterocycles. The van der Waals surface area contributed by atoms with E-state index in [2.05, 4.69) is 5.32 Å².